The summed E-state index contributed by atoms with van der Waals surface area (Å²) < 4.78 is 5.23. The number of aliphatic carboxylic acids is 1. The van der Waals surface area contributed by atoms with Gasteiger partial charge in [0, 0.05) is 11.1 Å². The summed E-state index contributed by atoms with van der Waals surface area (Å²) >= 11 is 2.69. The average molecular weight is 455 g/mol. The number of rotatable bonds is 10. The Morgan fingerprint density at radius 2 is 2.17 bits per heavy atom. The number of hydrogen-bond acceptors (Lipinski definition) is 9. The van der Waals surface area contributed by atoms with Gasteiger partial charge in [0.25, 0.3) is 0 Å². The molecule has 1 aromatic heterocycles. The first kappa shape index (κ1) is 24.0. The lowest BCUT2D eigenvalue weighted by atomic mass is 10.1. The molecule has 2 heterocycles. The van der Waals surface area contributed by atoms with Gasteiger partial charge in [-0.3, -0.25) is 14.6 Å². The van der Waals surface area contributed by atoms with Crippen LogP contribution in [0.2, 0.25) is 0 Å². The van der Waals surface area contributed by atoms with Crippen LogP contribution in [-0.4, -0.2) is 56.4 Å². The standard InChI is InChI=1S/C19H26N4O5S2/c1-5-11(28-17(25)15(20)10(2)3)6-13(24)21-7-14-22-12(8-29-14)16-23-19(4,9-30-16)18(26)27/h5,8,10-11,15H,1,6-7,9,20H2,2-4H3,(H,21,24)(H,26,27). The van der Waals surface area contributed by atoms with Gasteiger partial charge in [-0.1, -0.05) is 26.5 Å². The minimum Gasteiger partial charge on any atom is -0.479 e. The van der Waals surface area contributed by atoms with Crippen LogP contribution >= 0.6 is 23.1 Å². The quantitative estimate of drug-likeness (QED) is 0.357. The number of aromatic nitrogens is 1. The van der Waals surface area contributed by atoms with E-state index in [0.717, 1.165) is 0 Å². The molecule has 1 aromatic rings. The fourth-order valence-corrected chi connectivity index (χ4v) is 4.25. The van der Waals surface area contributed by atoms with Crippen LogP contribution in [0.4, 0.5) is 0 Å². The van der Waals surface area contributed by atoms with Crippen molar-refractivity contribution in [1.29, 1.82) is 0 Å². The number of esters is 1. The highest BCUT2D eigenvalue weighted by atomic mass is 32.2. The van der Waals surface area contributed by atoms with E-state index in [-0.39, 0.29) is 24.8 Å². The highest BCUT2D eigenvalue weighted by molar-refractivity contribution is 8.14. The number of carbonyl (C=O) groups is 3. The normalized spacial score (nSPS) is 20.4. The number of nitrogens with zero attached hydrogens (tertiary/aromatic N) is 2. The molecule has 4 N–H and O–H groups in total. The van der Waals surface area contributed by atoms with E-state index in [4.69, 9.17) is 10.5 Å². The first-order valence-corrected chi connectivity index (χ1v) is 11.2. The van der Waals surface area contributed by atoms with Crippen molar-refractivity contribution in [1.82, 2.24) is 10.3 Å². The Balaban J connectivity index is 1.87. The van der Waals surface area contributed by atoms with Crippen LogP contribution < -0.4 is 11.1 Å². The van der Waals surface area contributed by atoms with Crippen molar-refractivity contribution in [3.8, 4) is 0 Å². The number of aliphatic imine (C=N–C) groups is 1. The average Bonchev–Trinajstić information content (AvgIpc) is 3.32. The van der Waals surface area contributed by atoms with Gasteiger partial charge in [0.2, 0.25) is 5.91 Å². The summed E-state index contributed by atoms with van der Waals surface area (Å²) in [7, 11) is 0. The number of nitrogens with one attached hydrogen (secondary N) is 1. The molecule has 1 aliphatic heterocycles. The van der Waals surface area contributed by atoms with Gasteiger partial charge in [-0.05, 0) is 12.8 Å². The number of nitrogens with two attached hydrogens (primary N) is 1. The van der Waals surface area contributed by atoms with Crippen LogP contribution in [0, 0.1) is 5.92 Å². The van der Waals surface area contributed by atoms with Crippen LogP contribution in [0.15, 0.2) is 23.0 Å². The zero-order valence-corrected chi connectivity index (χ0v) is 18.7. The fourth-order valence-electron chi connectivity index (χ4n) is 2.33. The maximum absolute atomic E-state index is 12.2. The molecule has 3 unspecified atom stereocenters. The SMILES string of the molecule is C=CC(CC(=O)NCc1nc(C2=NC(C)(C(=O)O)CS2)cs1)OC(=O)C(N)C(C)C. The number of ether oxygens (including phenoxy) is 1. The molecule has 0 saturated heterocycles. The third kappa shape index (κ3) is 6.13. The van der Waals surface area contributed by atoms with E-state index in [1.807, 2.05) is 13.8 Å². The first-order chi connectivity index (χ1) is 14.1. The molecular formula is C19H26N4O5S2. The highest BCUT2D eigenvalue weighted by Crippen LogP contribution is 2.31. The maximum Gasteiger partial charge on any atom is 0.332 e. The summed E-state index contributed by atoms with van der Waals surface area (Å²) in [5.74, 6) is -1.60. The van der Waals surface area contributed by atoms with Gasteiger partial charge in [-0.25, -0.2) is 9.78 Å². The van der Waals surface area contributed by atoms with Crippen molar-refractivity contribution in [2.75, 3.05) is 5.75 Å². The Morgan fingerprint density at radius 3 is 2.73 bits per heavy atom. The third-order valence-corrected chi connectivity index (χ3v) is 6.54. The van der Waals surface area contributed by atoms with E-state index in [0.29, 0.717) is 21.5 Å². The van der Waals surface area contributed by atoms with E-state index >= 15 is 0 Å². The summed E-state index contributed by atoms with van der Waals surface area (Å²) in [6, 6.07) is -0.761. The minimum atomic E-state index is -1.15. The van der Waals surface area contributed by atoms with Crippen LogP contribution in [0.5, 0.6) is 0 Å². The highest BCUT2D eigenvalue weighted by Gasteiger charge is 2.39. The molecule has 1 aliphatic rings. The number of carboxylic acids is 1. The second kappa shape index (κ2) is 10.2. The minimum absolute atomic E-state index is 0.0716. The maximum atomic E-state index is 12.2. The largest absolute Gasteiger partial charge is 0.479 e. The summed E-state index contributed by atoms with van der Waals surface area (Å²) in [5, 5.41) is 15.0. The Kier molecular flexibility index (Phi) is 8.16. The lowest BCUT2D eigenvalue weighted by Gasteiger charge is -2.19. The fraction of sp³-hybridized carbons (Fsp3) is 0.526. The molecule has 164 valence electrons. The van der Waals surface area contributed by atoms with Gasteiger partial charge < -0.3 is 20.9 Å². The number of carboxylic acid groups (broad SMARTS) is 1. The molecule has 30 heavy (non-hydrogen) atoms. The summed E-state index contributed by atoms with van der Waals surface area (Å²) in [5.41, 5.74) is 5.21. The third-order valence-electron chi connectivity index (χ3n) is 4.41. The van der Waals surface area contributed by atoms with Gasteiger partial charge in [0.05, 0.1) is 13.0 Å². The van der Waals surface area contributed by atoms with Gasteiger partial charge in [-0.15, -0.1) is 23.1 Å². The van der Waals surface area contributed by atoms with E-state index in [2.05, 4.69) is 21.9 Å². The van der Waals surface area contributed by atoms with Crippen LogP contribution in [0.3, 0.4) is 0 Å². The lowest BCUT2D eigenvalue weighted by Crippen LogP contribution is -2.39. The van der Waals surface area contributed by atoms with Gasteiger partial charge in [-0.2, -0.15) is 0 Å². The molecule has 9 nitrogen and oxygen atoms in total. The van der Waals surface area contributed by atoms with E-state index < -0.39 is 29.6 Å². The van der Waals surface area contributed by atoms with E-state index in [1.54, 1.807) is 12.3 Å². The van der Waals surface area contributed by atoms with Crippen molar-refractivity contribution >= 4 is 46.0 Å². The van der Waals surface area contributed by atoms with E-state index in [9.17, 15) is 19.5 Å². The van der Waals surface area contributed by atoms with Crippen molar-refractivity contribution in [2.24, 2.45) is 16.6 Å². The molecule has 0 aromatic carbocycles. The number of carbonyl (C=O) groups excluding carboxylic acids is 2. The second-order valence-electron chi connectivity index (χ2n) is 7.37. The molecule has 11 heteroatoms. The predicted molar refractivity (Wildman–Crippen MR) is 117 cm³/mol. The smallest absolute Gasteiger partial charge is 0.332 e. The Hall–Kier alpha value is -2.24. The molecule has 0 aliphatic carbocycles. The number of thiazole rings is 1. The summed E-state index contributed by atoms with van der Waals surface area (Å²) in [6.45, 7) is 8.97. The Bertz CT molecular complexity index is 854. The Labute approximate surface area is 183 Å². The van der Waals surface area contributed by atoms with Crippen molar-refractivity contribution < 1.29 is 24.2 Å². The van der Waals surface area contributed by atoms with Crippen molar-refractivity contribution in [3.05, 3.63) is 28.7 Å². The lowest BCUT2D eigenvalue weighted by molar-refractivity contribution is -0.150. The number of hydrogen-bond donors (Lipinski definition) is 3. The van der Waals surface area contributed by atoms with E-state index in [1.165, 1.54) is 29.2 Å². The van der Waals surface area contributed by atoms with Gasteiger partial charge >= 0.3 is 11.9 Å². The molecule has 2 rings (SSSR count). The molecule has 0 radical (unpaired) electrons. The molecule has 0 saturated carbocycles. The van der Waals surface area contributed by atoms with Crippen molar-refractivity contribution in [3.63, 3.8) is 0 Å². The molecule has 0 spiro atoms. The zero-order valence-electron chi connectivity index (χ0n) is 17.1. The molecule has 1 amide bonds. The molecular weight excluding hydrogens is 428 g/mol. The molecule has 3 atom stereocenters. The Morgan fingerprint density at radius 1 is 1.47 bits per heavy atom. The second-order valence-corrected chi connectivity index (χ2v) is 9.28. The first-order valence-electron chi connectivity index (χ1n) is 9.32. The van der Waals surface area contributed by atoms with Crippen LogP contribution in [0.25, 0.3) is 0 Å². The number of thioether (sulfide) groups is 1. The summed E-state index contributed by atoms with van der Waals surface area (Å²) in [6.07, 6.45) is 0.547. The zero-order chi connectivity index (χ0) is 22.5. The summed E-state index contributed by atoms with van der Waals surface area (Å²) in [4.78, 5) is 44.1. The van der Waals surface area contributed by atoms with Crippen molar-refractivity contribution in [2.45, 2.75) is 51.4 Å². The monoisotopic (exact) mass is 454 g/mol. The predicted octanol–water partition coefficient (Wildman–Crippen LogP) is 1.57. The topological polar surface area (TPSA) is 144 Å². The number of amides is 1. The molecule has 0 bridgehead atoms. The van der Waals surface area contributed by atoms with Gasteiger partial charge in [0.15, 0.2) is 5.54 Å². The molecule has 0 fully saturated rings. The van der Waals surface area contributed by atoms with Crippen LogP contribution in [0.1, 0.15) is 37.9 Å². The van der Waals surface area contributed by atoms with Crippen LogP contribution in [-0.2, 0) is 25.7 Å². The van der Waals surface area contributed by atoms with Gasteiger partial charge in [0.1, 0.15) is 27.9 Å².